The molecule has 0 bridgehead atoms. The molecule has 0 atom stereocenters. The van der Waals surface area contributed by atoms with Gasteiger partial charge in [0.15, 0.2) is 22.3 Å². The van der Waals surface area contributed by atoms with E-state index < -0.39 is 30.0 Å². The molecule has 5 rings (SSSR count). The first-order valence-electron chi connectivity index (χ1n) is 9.27. The van der Waals surface area contributed by atoms with Crippen LogP contribution in [0.15, 0.2) is 61.7 Å². The van der Waals surface area contributed by atoms with Crippen LogP contribution in [-0.4, -0.2) is 57.6 Å². The number of primary sulfonamides is 1. The molecule has 0 radical (unpaired) electrons. The minimum Gasteiger partial charge on any atom is -0.345 e. The molecule has 0 aliphatic carbocycles. The first-order valence-corrected chi connectivity index (χ1v) is 12.4. The highest BCUT2D eigenvalue weighted by molar-refractivity contribution is 7.94. The van der Waals surface area contributed by atoms with Crippen molar-refractivity contribution in [1.29, 1.82) is 0 Å². The topological polar surface area (TPSA) is 172 Å². The number of benzene rings is 2. The molecular weight excluding hydrogens is 442 g/mol. The number of rotatable bonds is 5. The van der Waals surface area contributed by atoms with Gasteiger partial charge in [-0.25, -0.2) is 32.0 Å². The third kappa shape index (κ3) is 3.17. The Morgan fingerprint density at radius 3 is 2.48 bits per heavy atom. The van der Waals surface area contributed by atoms with Gasteiger partial charge in [-0.1, -0.05) is 18.2 Å². The second kappa shape index (κ2) is 7.02. The minimum absolute atomic E-state index is 0.00704. The molecular formula is C18H17N7O4S2. The summed E-state index contributed by atoms with van der Waals surface area (Å²) in [5.74, 6) is 0.00958. The number of azo groups is 1. The van der Waals surface area contributed by atoms with E-state index >= 15 is 0 Å². The second-order valence-electron chi connectivity index (χ2n) is 7.15. The summed E-state index contributed by atoms with van der Waals surface area (Å²) in [6.07, 6.45) is 1.52. The lowest BCUT2D eigenvalue weighted by atomic mass is 9.97. The summed E-state index contributed by atoms with van der Waals surface area (Å²) in [5.41, 5.74) is 2.30. The number of aliphatic imine (C=N–C) groups is 1. The average Bonchev–Trinajstić information content (AvgIpc) is 3.35. The van der Waals surface area contributed by atoms with Crippen molar-refractivity contribution in [2.75, 3.05) is 19.8 Å². The Labute approximate surface area is 177 Å². The fourth-order valence-corrected chi connectivity index (χ4v) is 6.90. The highest BCUT2D eigenvalue weighted by Crippen LogP contribution is 2.38. The molecule has 1 fully saturated rings. The standard InChI is InChI=1S/C18H17N7O4S2/c19-31(28,29)17-14(30(26,27)10-6-20-7-10)5-4-11(15(17)18-23-9-24-25-18)12-2-1-3-13-16(12)22-8-21-13/h1-5,8,10,20H,6-7,9H2,(H,21,22)(H2,19,28,29). The van der Waals surface area contributed by atoms with Crippen LogP contribution in [0.4, 0.5) is 0 Å². The lowest BCUT2D eigenvalue weighted by molar-refractivity contribution is 0.493. The Hall–Kier alpha value is -3.00. The summed E-state index contributed by atoms with van der Waals surface area (Å²) in [6.45, 7) is 0.475. The molecule has 3 heterocycles. The van der Waals surface area contributed by atoms with Crippen LogP contribution in [0.25, 0.3) is 22.2 Å². The maximum atomic E-state index is 13.2. The molecule has 0 amide bonds. The van der Waals surface area contributed by atoms with E-state index in [9.17, 15) is 16.8 Å². The van der Waals surface area contributed by atoms with E-state index in [1.54, 1.807) is 18.2 Å². The van der Waals surface area contributed by atoms with E-state index in [-0.39, 0.29) is 36.1 Å². The van der Waals surface area contributed by atoms with Crippen molar-refractivity contribution < 1.29 is 16.8 Å². The summed E-state index contributed by atoms with van der Waals surface area (Å²) in [6, 6.07) is 8.18. The number of sulfone groups is 1. The third-order valence-electron chi connectivity index (χ3n) is 5.31. The van der Waals surface area contributed by atoms with Crippen molar-refractivity contribution in [2.45, 2.75) is 15.0 Å². The van der Waals surface area contributed by atoms with Crippen LogP contribution < -0.4 is 10.5 Å². The summed E-state index contributed by atoms with van der Waals surface area (Å²) >= 11 is 0. The molecule has 160 valence electrons. The van der Waals surface area contributed by atoms with Gasteiger partial charge >= 0.3 is 0 Å². The Morgan fingerprint density at radius 1 is 1.03 bits per heavy atom. The zero-order chi connectivity index (χ0) is 21.8. The molecule has 0 unspecified atom stereocenters. The monoisotopic (exact) mass is 459 g/mol. The van der Waals surface area contributed by atoms with E-state index in [2.05, 4.69) is 30.5 Å². The van der Waals surface area contributed by atoms with Crippen LogP contribution in [0.5, 0.6) is 0 Å². The van der Waals surface area contributed by atoms with Crippen LogP contribution in [0.2, 0.25) is 0 Å². The van der Waals surface area contributed by atoms with Crippen molar-refractivity contribution in [3.05, 3.63) is 42.2 Å². The fourth-order valence-electron chi connectivity index (χ4n) is 3.72. The lowest BCUT2D eigenvalue weighted by Crippen LogP contribution is -2.51. The largest absolute Gasteiger partial charge is 0.345 e. The number of hydrogen-bond donors (Lipinski definition) is 3. The van der Waals surface area contributed by atoms with Crippen LogP contribution in [0.1, 0.15) is 5.56 Å². The highest BCUT2D eigenvalue weighted by atomic mass is 32.2. The predicted molar refractivity (Wildman–Crippen MR) is 113 cm³/mol. The van der Waals surface area contributed by atoms with E-state index in [1.165, 1.54) is 12.4 Å². The van der Waals surface area contributed by atoms with Gasteiger partial charge < -0.3 is 10.3 Å². The number of sulfonamides is 1. The lowest BCUT2D eigenvalue weighted by Gasteiger charge is -2.28. The maximum absolute atomic E-state index is 13.2. The number of hydrogen-bond acceptors (Lipinski definition) is 9. The molecule has 2 aliphatic rings. The van der Waals surface area contributed by atoms with Gasteiger partial charge in [-0.3, -0.25) is 0 Å². The fraction of sp³-hybridized carbons (Fsp3) is 0.222. The number of amidine groups is 1. The predicted octanol–water partition coefficient (Wildman–Crippen LogP) is 0.793. The quantitative estimate of drug-likeness (QED) is 0.509. The molecule has 13 heteroatoms. The zero-order valence-electron chi connectivity index (χ0n) is 16.0. The van der Waals surface area contributed by atoms with Crippen molar-refractivity contribution in [1.82, 2.24) is 15.3 Å². The molecule has 1 saturated heterocycles. The molecule has 1 aromatic heterocycles. The third-order valence-corrected chi connectivity index (χ3v) is 8.59. The minimum atomic E-state index is -4.48. The molecule has 0 spiro atoms. The van der Waals surface area contributed by atoms with E-state index in [1.807, 2.05) is 6.07 Å². The average molecular weight is 460 g/mol. The van der Waals surface area contributed by atoms with Gasteiger partial charge in [0.1, 0.15) is 4.90 Å². The van der Waals surface area contributed by atoms with Crippen LogP contribution in [-0.2, 0) is 19.9 Å². The van der Waals surface area contributed by atoms with Crippen molar-refractivity contribution in [2.24, 2.45) is 20.4 Å². The Balaban J connectivity index is 1.90. The Morgan fingerprint density at radius 2 is 1.84 bits per heavy atom. The summed E-state index contributed by atoms with van der Waals surface area (Å²) in [4.78, 5) is 10.6. The molecule has 2 aliphatic heterocycles. The number of H-pyrrole nitrogens is 1. The van der Waals surface area contributed by atoms with Gasteiger partial charge in [-0.05, 0) is 17.7 Å². The van der Waals surface area contributed by atoms with Gasteiger partial charge in [-0.15, -0.1) is 5.11 Å². The number of fused-ring (bicyclic) bond motifs is 1. The number of nitrogens with zero attached hydrogens (tertiary/aromatic N) is 4. The molecule has 4 N–H and O–H groups in total. The highest BCUT2D eigenvalue weighted by Gasteiger charge is 2.39. The number of nitrogens with two attached hydrogens (primary N) is 1. The zero-order valence-corrected chi connectivity index (χ0v) is 17.6. The maximum Gasteiger partial charge on any atom is 0.240 e. The van der Waals surface area contributed by atoms with Crippen molar-refractivity contribution in [3.8, 4) is 11.1 Å². The summed E-state index contributed by atoms with van der Waals surface area (Å²) in [5, 5.41) is 15.5. The molecule has 11 nitrogen and oxygen atoms in total. The molecule has 0 saturated carbocycles. The van der Waals surface area contributed by atoms with E-state index in [4.69, 9.17) is 5.14 Å². The molecule has 31 heavy (non-hydrogen) atoms. The molecule has 2 aromatic carbocycles. The summed E-state index contributed by atoms with van der Waals surface area (Å²) in [7, 11) is -8.45. The normalized spacial score (nSPS) is 17.1. The van der Waals surface area contributed by atoms with E-state index in [0.717, 1.165) is 5.52 Å². The van der Waals surface area contributed by atoms with Crippen LogP contribution in [0.3, 0.4) is 0 Å². The van der Waals surface area contributed by atoms with Crippen LogP contribution >= 0.6 is 0 Å². The van der Waals surface area contributed by atoms with Gasteiger partial charge in [-0.2, -0.15) is 5.11 Å². The van der Waals surface area contributed by atoms with Gasteiger partial charge in [0.25, 0.3) is 0 Å². The number of aromatic amines is 1. The number of aromatic nitrogens is 2. The number of nitrogens with one attached hydrogen (secondary N) is 2. The molecule has 3 aromatic rings. The smallest absolute Gasteiger partial charge is 0.240 e. The summed E-state index contributed by atoms with van der Waals surface area (Å²) < 4.78 is 51.9. The van der Waals surface area contributed by atoms with Crippen molar-refractivity contribution >= 4 is 36.7 Å². The van der Waals surface area contributed by atoms with Gasteiger partial charge in [0, 0.05) is 18.7 Å². The van der Waals surface area contributed by atoms with Crippen LogP contribution in [0, 0.1) is 0 Å². The number of imidazole rings is 1. The number of para-hydroxylation sites is 1. The Bertz CT molecular complexity index is 1490. The SMILES string of the molecule is NS(=O)(=O)c1c(S(=O)(=O)C2CNC2)ccc(-c2cccc3[nH]cnc23)c1C1=NCN=N1. The van der Waals surface area contributed by atoms with E-state index in [0.29, 0.717) is 16.6 Å². The van der Waals surface area contributed by atoms with Gasteiger partial charge in [0.2, 0.25) is 10.0 Å². The van der Waals surface area contributed by atoms with Crippen molar-refractivity contribution in [3.63, 3.8) is 0 Å². The second-order valence-corrected chi connectivity index (χ2v) is 10.8. The van der Waals surface area contributed by atoms with Gasteiger partial charge in [0.05, 0.1) is 33.1 Å². The first-order chi connectivity index (χ1) is 14.8. The first kappa shape index (κ1) is 19.9. The Kier molecular flexibility index (Phi) is 4.51.